The number of nitrogens with one attached hydrogen (secondary N) is 1. The van der Waals surface area contributed by atoms with Crippen LogP contribution in [0.4, 0.5) is 10.5 Å². The van der Waals surface area contributed by atoms with Crippen LogP contribution in [0.15, 0.2) is 54.7 Å². The van der Waals surface area contributed by atoms with E-state index in [1.165, 1.54) is 10.9 Å². The molecule has 3 heterocycles. The topological polar surface area (TPSA) is 114 Å². The van der Waals surface area contributed by atoms with Gasteiger partial charge in [-0.1, -0.05) is 48.5 Å². The van der Waals surface area contributed by atoms with Crippen molar-refractivity contribution >= 4 is 23.7 Å². The summed E-state index contributed by atoms with van der Waals surface area (Å²) in [4.78, 5) is 39.1. The smallest absolute Gasteiger partial charge is 0.411 e. The normalized spacial score (nSPS) is 21.7. The van der Waals surface area contributed by atoms with Crippen LogP contribution in [-0.2, 0) is 16.6 Å². The Morgan fingerprint density at radius 2 is 1.74 bits per heavy atom. The molecule has 2 aliphatic heterocycles. The zero-order chi connectivity index (χ0) is 24.3. The number of ether oxygens (including phenoxy) is 1. The van der Waals surface area contributed by atoms with Gasteiger partial charge in [-0.3, -0.25) is 19.6 Å². The van der Waals surface area contributed by atoms with Crippen LogP contribution in [-0.4, -0.2) is 57.0 Å². The number of hydrogen-bond acceptors (Lipinski definition) is 5. The van der Waals surface area contributed by atoms with Gasteiger partial charge < -0.3 is 14.7 Å². The largest absolute Gasteiger partial charge is 0.481 e. The van der Waals surface area contributed by atoms with Gasteiger partial charge in [0, 0.05) is 25.6 Å². The number of benzene rings is 2. The zero-order valence-corrected chi connectivity index (χ0v) is 19.0. The molecule has 2 amide bonds. The van der Waals surface area contributed by atoms with Crippen molar-refractivity contribution in [1.29, 1.82) is 0 Å². The Labute approximate surface area is 201 Å². The Balaban J connectivity index is 1.16. The molecule has 1 saturated carbocycles. The monoisotopic (exact) mass is 472 g/mol. The molecule has 3 atom stereocenters. The Hall–Kier alpha value is -4.14. The van der Waals surface area contributed by atoms with Gasteiger partial charge in [-0.2, -0.15) is 5.10 Å². The van der Waals surface area contributed by atoms with E-state index < -0.39 is 18.0 Å². The molecular weight excluding hydrogens is 448 g/mol. The van der Waals surface area contributed by atoms with Crippen LogP contribution < -0.4 is 5.32 Å². The van der Waals surface area contributed by atoms with Gasteiger partial charge in [0.25, 0.3) is 5.91 Å². The number of rotatable bonds is 5. The maximum absolute atomic E-state index is 13.3. The van der Waals surface area contributed by atoms with Crippen LogP contribution in [0.3, 0.4) is 0 Å². The van der Waals surface area contributed by atoms with Crippen LogP contribution in [0.2, 0.25) is 0 Å². The lowest BCUT2D eigenvalue weighted by Gasteiger charge is -2.33. The first-order chi connectivity index (χ1) is 16.9. The van der Waals surface area contributed by atoms with Crippen LogP contribution in [0.1, 0.15) is 34.0 Å². The summed E-state index contributed by atoms with van der Waals surface area (Å²) in [5, 5.41) is 16.2. The van der Waals surface area contributed by atoms with Gasteiger partial charge in [-0.05, 0) is 34.6 Å². The molecule has 2 saturated heterocycles. The summed E-state index contributed by atoms with van der Waals surface area (Å²) < 4.78 is 7.00. The van der Waals surface area contributed by atoms with E-state index >= 15 is 0 Å². The summed E-state index contributed by atoms with van der Waals surface area (Å²) in [7, 11) is 1.62. The van der Waals surface area contributed by atoms with E-state index in [1.54, 1.807) is 11.9 Å². The van der Waals surface area contributed by atoms with E-state index in [9.17, 15) is 19.5 Å². The highest BCUT2D eigenvalue weighted by Gasteiger charge is 2.57. The van der Waals surface area contributed by atoms with Crippen molar-refractivity contribution in [2.24, 2.45) is 18.9 Å². The lowest BCUT2D eigenvalue weighted by atomic mass is 9.74. The number of anilines is 1. The van der Waals surface area contributed by atoms with Gasteiger partial charge in [-0.15, -0.1) is 0 Å². The summed E-state index contributed by atoms with van der Waals surface area (Å²) in [5.74, 6) is -1.83. The van der Waals surface area contributed by atoms with Crippen molar-refractivity contribution < 1.29 is 24.2 Å². The van der Waals surface area contributed by atoms with Gasteiger partial charge in [0.15, 0.2) is 0 Å². The molecular formula is C26H24N4O5. The maximum Gasteiger partial charge on any atom is 0.411 e. The Morgan fingerprint density at radius 1 is 1.09 bits per heavy atom. The number of hydrogen-bond donors (Lipinski definition) is 2. The van der Waals surface area contributed by atoms with Crippen molar-refractivity contribution in [1.82, 2.24) is 14.7 Å². The first-order valence-corrected chi connectivity index (χ1v) is 11.6. The number of aliphatic carboxylic acids is 1. The summed E-state index contributed by atoms with van der Waals surface area (Å²) in [6.07, 6.45) is 1.42. The van der Waals surface area contributed by atoms with Gasteiger partial charge in [-0.25, -0.2) is 4.79 Å². The van der Waals surface area contributed by atoms with Crippen molar-refractivity contribution in [3.8, 4) is 11.1 Å². The minimum absolute atomic E-state index is 0.0202. The molecule has 2 N–H and O–H groups in total. The van der Waals surface area contributed by atoms with Gasteiger partial charge in [0.1, 0.15) is 12.3 Å². The number of carbonyl (C=O) groups excluding carboxylic acids is 2. The number of aromatic nitrogens is 2. The first kappa shape index (κ1) is 21.4. The number of carboxylic acid groups (broad SMARTS) is 1. The SMILES string of the molecule is Cn1ncc(NC(=O)OCC2c3ccccc3-c3ccccc32)c1C(=O)N1CC2CC1C2C(=O)O. The summed E-state index contributed by atoms with van der Waals surface area (Å²) in [6.45, 7) is 0.551. The van der Waals surface area contributed by atoms with Crippen LogP contribution in [0.5, 0.6) is 0 Å². The second-order valence-corrected chi connectivity index (χ2v) is 9.37. The molecule has 3 aromatic rings. The second kappa shape index (κ2) is 7.97. The number of nitrogens with zero attached hydrogens (tertiary/aromatic N) is 3. The molecule has 9 nitrogen and oxygen atoms in total. The Kier molecular flexibility index (Phi) is 4.87. The molecule has 35 heavy (non-hydrogen) atoms. The number of carbonyl (C=O) groups is 3. The van der Waals surface area contributed by atoms with Crippen LogP contribution >= 0.6 is 0 Å². The molecule has 2 aromatic carbocycles. The highest BCUT2D eigenvalue weighted by Crippen LogP contribution is 2.47. The molecule has 7 rings (SSSR count). The van der Waals surface area contributed by atoms with E-state index in [0.29, 0.717) is 13.0 Å². The fraction of sp³-hybridized carbons (Fsp3) is 0.308. The third kappa shape index (κ3) is 3.30. The predicted octanol–water partition coefficient (Wildman–Crippen LogP) is 3.33. The molecule has 3 fully saturated rings. The van der Waals surface area contributed by atoms with E-state index in [2.05, 4.69) is 22.5 Å². The molecule has 0 radical (unpaired) electrons. The minimum Gasteiger partial charge on any atom is -0.481 e. The molecule has 1 aromatic heterocycles. The maximum atomic E-state index is 13.3. The summed E-state index contributed by atoms with van der Waals surface area (Å²) >= 11 is 0. The summed E-state index contributed by atoms with van der Waals surface area (Å²) in [5.41, 5.74) is 4.95. The van der Waals surface area contributed by atoms with E-state index in [0.717, 1.165) is 22.3 Å². The van der Waals surface area contributed by atoms with E-state index in [-0.39, 0.29) is 41.8 Å². The first-order valence-electron chi connectivity index (χ1n) is 11.6. The Morgan fingerprint density at radius 3 is 2.37 bits per heavy atom. The molecule has 3 unspecified atom stereocenters. The lowest BCUT2D eigenvalue weighted by molar-refractivity contribution is -0.147. The van der Waals surface area contributed by atoms with Crippen molar-refractivity contribution in [2.75, 3.05) is 18.5 Å². The van der Waals surface area contributed by atoms with Crippen molar-refractivity contribution in [3.05, 3.63) is 71.5 Å². The number of amides is 2. The van der Waals surface area contributed by atoms with Gasteiger partial charge >= 0.3 is 12.1 Å². The standard InChI is InChI=1S/C26H24N4O5/c1-29-23(24(31)30-12-14-10-21(30)22(14)25(32)33)20(11-27-29)28-26(34)35-13-19-17-8-4-2-6-15(17)16-7-3-5-9-18(16)19/h2-9,11,14,19,21-22H,10,12-13H2,1H3,(H,28,34)(H,32,33). The number of fused-ring (bicyclic) bond motifs is 4. The van der Waals surface area contributed by atoms with E-state index in [4.69, 9.17) is 4.74 Å². The number of aryl methyl sites for hydroxylation is 1. The molecule has 2 aliphatic carbocycles. The molecule has 178 valence electrons. The fourth-order valence-corrected chi connectivity index (χ4v) is 5.88. The number of carboxylic acids is 1. The third-order valence-corrected chi connectivity index (χ3v) is 7.57. The predicted molar refractivity (Wildman–Crippen MR) is 126 cm³/mol. The second-order valence-electron chi connectivity index (χ2n) is 9.37. The van der Waals surface area contributed by atoms with Gasteiger partial charge in [0.05, 0.1) is 17.8 Å². The molecule has 4 aliphatic rings. The third-order valence-electron chi connectivity index (χ3n) is 7.57. The van der Waals surface area contributed by atoms with Crippen molar-refractivity contribution in [3.63, 3.8) is 0 Å². The molecule has 9 heteroatoms. The fourth-order valence-electron chi connectivity index (χ4n) is 5.88. The van der Waals surface area contributed by atoms with Crippen molar-refractivity contribution in [2.45, 2.75) is 18.4 Å². The zero-order valence-electron chi connectivity index (χ0n) is 19.0. The highest BCUT2D eigenvalue weighted by molar-refractivity contribution is 6.02. The molecule has 0 spiro atoms. The highest BCUT2D eigenvalue weighted by atomic mass is 16.5. The minimum atomic E-state index is -0.872. The quantitative estimate of drug-likeness (QED) is 0.589. The molecule has 2 bridgehead atoms. The lowest BCUT2D eigenvalue weighted by Crippen LogP contribution is -2.45. The average molecular weight is 473 g/mol. The van der Waals surface area contributed by atoms with Crippen LogP contribution in [0.25, 0.3) is 11.1 Å². The summed E-state index contributed by atoms with van der Waals surface area (Å²) in [6, 6.07) is 15.9. The van der Waals surface area contributed by atoms with Gasteiger partial charge in [0.2, 0.25) is 0 Å². The van der Waals surface area contributed by atoms with Crippen LogP contribution in [0, 0.1) is 11.8 Å². The van der Waals surface area contributed by atoms with E-state index in [1.807, 2.05) is 36.4 Å². The Bertz CT molecular complexity index is 1320. The average Bonchev–Trinajstić information content (AvgIpc) is 3.58.